The van der Waals surface area contributed by atoms with Crippen molar-refractivity contribution in [1.29, 1.82) is 0 Å². The number of aromatic nitrogens is 1. The second-order valence-corrected chi connectivity index (χ2v) is 5.24. The lowest BCUT2D eigenvalue weighted by Gasteiger charge is -2.16. The van der Waals surface area contributed by atoms with E-state index in [1.807, 2.05) is 6.07 Å². The minimum Gasteiger partial charge on any atom is -0.458 e. The van der Waals surface area contributed by atoms with Crippen molar-refractivity contribution >= 4 is 27.0 Å². The lowest BCUT2D eigenvalue weighted by Crippen LogP contribution is -2.16. The first-order valence-corrected chi connectivity index (χ1v) is 6.28. The predicted molar refractivity (Wildman–Crippen MR) is 66.3 cm³/mol. The van der Waals surface area contributed by atoms with E-state index in [1.54, 1.807) is 6.20 Å². The van der Waals surface area contributed by atoms with Crippen LogP contribution < -0.4 is 0 Å². The van der Waals surface area contributed by atoms with Crippen LogP contribution in [0.5, 0.6) is 0 Å². The largest absolute Gasteiger partial charge is 0.458 e. The first-order chi connectivity index (χ1) is 7.74. The van der Waals surface area contributed by atoms with Crippen LogP contribution in [-0.2, 0) is 0 Å². The molecular weight excluding hydrogens is 268 g/mol. The summed E-state index contributed by atoms with van der Waals surface area (Å²) >= 11 is 3.40. The Bertz CT molecular complexity index is 523. The highest BCUT2D eigenvalue weighted by molar-refractivity contribution is 9.10. The monoisotopic (exact) mass is 280 g/mol. The Labute approximate surface area is 103 Å². The minimum absolute atomic E-state index is 0.424. The van der Waals surface area contributed by atoms with Gasteiger partial charge in [0.05, 0.1) is 6.04 Å². The second-order valence-electron chi connectivity index (χ2n) is 4.32. The summed E-state index contributed by atoms with van der Waals surface area (Å²) in [6.07, 6.45) is 4.23. The molecule has 1 aliphatic rings. The first kappa shape index (κ1) is 10.3. The molecule has 1 atom stereocenters. The van der Waals surface area contributed by atoms with Crippen molar-refractivity contribution in [1.82, 2.24) is 9.88 Å². The van der Waals surface area contributed by atoms with Crippen molar-refractivity contribution < 1.29 is 4.42 Å². The lowest BCUT2D eigenvalue weighted by molar-refractivity contribution is 0.281. The van der Waals surface area contributed by atoms with Crippen molar-refractivity contribution in [3.8, 4) is 0 Å². The molecule has 84 valence electrons. The zero-order chi connectivity index (χ0) is 11.1. The van der Waals surface area contributed by atoms with Gasteiger partial charge in [-0.1, -0.05) is 0 Å². The Morgan fingerprint density at radius 2 is 2.38 bits per heavy atom. The molecule has 3 heterocycles. The van der Waals surface area contributed by atoms with Gasteiger partial charge in [0.1, 0.15) is 11.3 Å². The van der Waals surface area contributed by atoms with E-state index in [4.69, 9.17) is 4.42 Å². The maximum atomic E-state index is 5.87. The summed E-state index contributed by atoms with van der Waals surface area (Å²) in [6, 6.07) is 4.46. The summed E-state index contributed by atoms with van der Waals surface area (Å²) < 4.78 is 6.83. The van der Waals surface area contributed by atoms with Gasteiger partial charge in [0.25, 0.3) is 0 Å². The van der Waals surface area contributed by atoms with Gasteiger partial charge in [-0.15, -0.1) is 0 Å². The molecule has 4 heteroatoms. The summed E-state index contributed by atoms with van der Waals surface area (Å²) in [7, 11) is 2.15. The Morgan fingerprint density at radius 1 is 1.50 bits per heavy atom. The van der Waals surface area contributed by atoms with Crippen molar-refractivity contribution in [3.05, 3.63) is 28.6 Å². The molecule has 1 fully saturated rings. The van der Waals surface area contributed by atoms with Crippen molar-refractivity contribution in [2.45, 2.75) is 18.9 Å². The minimum atomic E-state index is 0.424. The fourth-order valence-corrected chi connectivity index (χ4v) is 2.66. The number of halogens is 1. The molecule has 0 saturated carbocycles. The van der Waals surface area contributed by atoms with Crippen LogP contribution in [0.2, 0.25) is 0 Å². The van der Waals surface area contributed by atoms with Crippen molar-refractivity contribution in [2.75, 3.05) is 13.6 Å². The molecule has 3 rings (SSSR count). The maximum Gasteiger partial charge on any atom is 0.153 e. The van der Waals surface area contributed by atoms with E-state index in [-0.39, 0.29) is 0 Å². The Balaban J connectivity index is 2.04. The van der Waals surface area contributed by atoms with E-state index in [0.29, 0.717) is 6.04 Å². The smallest absolute Gasteiger partial charge is 0.153 e. The number of pyridine rings is 1. The van der Waals surface area contributed by atoms with Gasteiger partial charge < -0.3 is 4.42 Å². The molecule has 3 nitrogen and oxygen atoms in total. The van der Waals surface area contributed by atoms with E-state index in [2.05, 4.69) is 38.9 Å². The molecule has 0 N–H and O–H groups in total. The van der Waals surface area contributed by atoms with Crippen LogP contribution in [0.25, 0.3) is 11.1 Å². The molecule has 0 unspecified atom stereocenters. The van der Waals surface area contributed by atoms with Crippen molar-refractivity contribution in [2.24, 2.45) is 0 Å². The molecular formula is C12H13BrN2O. The van der Waals surface area contributed by atoms with Crippen LogP contribution in [0.1, 0.15) is 24.6 Å². The zero-order valence-electron chi connectivity index (χ0n) is 9.11. The van der Waals surface area contributed by atoms with Gasteiger partial charge in [-0.05, 0) is 48.4 Å². The van der Waals surface area contributed by atoms with E-state index in [1.165, 1.54) is 12.8 Å². The molecule has 16 heavy (non-hydrogen) atoms. The van der Waals surface area contributed by atoms with E-state index >= 15 is 0 Å². The van der Waals surface area contributed by atoms with Crippen LogP contribution in [0.3, 0.4) is 0 Å². The van der Waals surface area contributed by atoms with Gasteiger partial charge >= 0.3 is 0 Å². The van der Waals surface area contributed by atoms with Crippen LogP contribution in [0.4, 0.5) is 0 Å². The fraction of sp³-hybridized carbons (Fsp3) is 0.417. The molecule has 2 aromatic rings. The van der Waals surface area contributed by atoms with Crippen molar-refractivity contribution in [3.63, 3.8) is 0 Å². The third-order valence-electron chi connectivity index (χ3n) is 3.20. The summed E-state index contributed by atoms with van der Waals surface area (Å²) in [5.74, 6) is 1.04. The van der Waals surface area contributed by atoms with Gasteiger partial charge in [0, 0.05) is 16.7 Å². The summed E-state index contributed by atoms with van der Waals surface area (Å²) in [5.41, 5.74) is 1.81. The Morgan fingerprint density at radius 3 is 3.12 bits per heavy atom. The molecule has 1 saturated heterocycles. The van der Waals surface area contributed by atoms with Gasteiger partial charge in [-0.3, -0.25) is 9.88 Å². The zero-order valence-corrected chi connectivity index (χ0v) is 10.7. The molecule has 0 radical (unpaired) electrons. The number of likely N-dealkylation sites (tertiary alicyclic amines) is 1. The third kappa shape index (κ3) is 1.66. The van der Waals surface area contributed by atoms with Gasteiger partial charge in [-0.2, -0.15) is 0 Å². The normalized spacial score (nSPS) is 22.0. The van der Waals surface area contributed by atoms with Crippen LogP contribution in [-0.4, -0.2) is 23.5 Å². The van der Waals surface area contributed by atoms with Crippen LogP contribution in [0, 0.1) is 0 Å². The summed E-state index contributed by atoms with van der Waals surface area (Å²) in [4.78, 5) is 6.68. The quantitative estimate of drug-likeness (QED) is 0.802. The molecule has 2 aromatic heterocycles. The number of rotatable bonds is 1. The maximum absolute atomic E-state index is 5.87. The van der Waals surface area contributed by atoms with Gasteiger partial charge in [0.15, 0.2) is 5.58 Å². The molecule has 0 spiro atoms. The Hall–Kier alpha value is -0.870. The standard InChI is InChI=1S/C12H13BrN2O/c1-15-4-2-3-10(15)12-6-9-11(16-12)5-8(13)7-14-9/h5-7,10H,2-4H2,1H3/t10-/m1/s1. The molecule has 0 aliphatic carbocycles. The number of fused-ring (bicyclic) bond motifs is 1. The average molecular weight is 281 g/mol. The highest BCUT2D eigenvalue weighted by Gasteiger charge is 2.25. The number of nitrogens with zero attached hydrogens (tertiary/aromatic N) is 2. The summed E-state index contributed by atoms with van der Waals surface area (Å²) in [5, 5.41) is 0. The fourth-order valence-electron chi connectivity index (χ4n) is 2.35. The second kappa shape index (κ2) is 3.86. The average Bonchev–Trinajstić information content (AvgIpc) is 2.82. The molecule has 0 bridgehead atoms. The molecule has 0 aromatic carbocycles. The van der Waals surface area contributed by atoms with E-state index < -0.39 is 0 Å². The third-order valence-corrected chi connectivity index (χ3v) is 3.64. The highest BCUT2D eigenvalue weighted by Crippen LogP contribution is 2.33. The number of furan rings is 1. The molecule has 1 aliphatic heterocycles. The van der Waals surface area contributed by atoms with E-state index in [0.717, 1.165) is 27.9 Å². The first-order valence-electron chi connectivity index (χ1n) is 5.49. The number of hydrogen-bond acceptors (Lipinski definition) is 3. The SMILES string of the molecule is CN1CCC[C@@H]1c1cc2ncc(Br)cc2o1. The van der Waals surface area contributed by atoms with Gasteiger partial charge in [-0.25, -0.2) is 0 Å². The topological polar surface area (TPSA) is 29.3 Å². The summed E-state index contributed by atoms with van der Waals surface area (Å²) in [6.45, 7) is 1.15. The van der Waals surface area contributed by atoms with Crippen LogP contribution >= 0.6 is 15.9 Å². The van der Waals surface area contributed by atoms with Crippen LogP contribution in [0.15, 0.2) is 27.2 Å². The number of hydrogen-bond donors (Lipinski definition) is 0. The predicted octanol–water partition coefficient (Wildman–Crippen LogP) is 3.36. The van der Waals surface area contributed by atoms with Gasteiger partial charge in [0.2, 0.25) is 0 Å². The lowest BCUT2D eigenvalue weighted by atomic mass is 10.2. The van der Waals surface area contributed by atoms with E-state index in [9.17, 15) is 0 Å². The molecule has 0 amide bonds. The highest BCUT2D eigenvalue weighted by atomic mass is 79.9. The Kier molecular flexibility index (Phi) is 2.48.